The Labute approximate surface area is 106 Å². The molecular formula is C11H16N2O4S. The van der Waals surface area contributed by atoms with Crippen molar-refractivity contribution >= 4 is 21.7 Å². The van der Waals surface area contributed by atoms with Gasteiger partial charge in [-0.05, 0) is 30.7 Å². The predicted octanol–water partition coefficient (Wildman–Crippen LogP) is 0.736. The molecule has 0 spiro atoms. The number of carbonyl (C=O) groups is 1. The second-order valence-corrected chi connectivity index (χ2v) is 5.66. The number of carboxylic acids is 1. The summed E-state index contributed by atoms with van der Waals surface area (Å²) >= 11 is 0. The first-order valence-electron chi connectivity index (χ1n) is 5.40. The number of rotatable bonds is 7. The van der Waals surface area contributed by atoms with Gasteiger partial charge in [-0.2, -0.15) is 0 Å². The van der Waals surface area contributed by atoms with Gasteiger partial charge < -0.3 is 10.4 Å². The third-order valence-corrected chi connectivity index (χ3v) is 2.91. The smallest absolute Gasteiger partial charge is 0.335 e. The molecule has 100 valence electrons. The van der Waals surface area contributed by atoms with E-state index >= 15 is 0 Å². The molecule has 0 amide bonds. The number of aromatic carboxylic acids is 1. The van der Waals surface area contributed by atoms with Crippen molar-refractivity contribution in [3.05, 3.63) is 29.8 Å². The van der Waals surface area contributed by atoms with Gasteiger partial charge in [-0.1, -0.05) is 0 Å². The number of hydrogen-bond donors (Lipinski definition) is 3. The molecule has 3 N–H and O–H groups in total. The Morgan fingerprint density at radius 3 is 2.33 bits per heavy atom. The second kappa shape index (κ2) is 6.36. The highest BCUT2D eigenvalue weighted by molar-refractivity contribution is 7.88. The quantitative estimate of drug-likeness (QED) is 0.636. The molecule has 0 saturated heterocycles. The first-order chi connectivity index (χ1) is 8.38. The minimum Gasteiger partial charge on any atom is -0.478 e. The predicted molar refractivity (Wildman–Crippen MR) is 69.4 cm³/mol. The standard InChI is InChI=1S/C11H16N2O4S/c1-18(16,17)13-8-2-7-12-10-5-3-9(4-6-10)11(14)15/h3-6,12-13H,2,7-8H2,1H3,(H,14,15). The van der Waals surface area contributed by atoms with Crippen LogP contribution >= 0.6 is 0 Å². The van der Waals surface area contributed by atoms with Crippen LogP contribution < -0.4 is 10.0 Å². The Hall–Kier alpha value is -1.60. The van der Waals surface area contributed by atoms with Crippen molar-refractivity contribution < 1.29 is 18.3 Å². The molecule has 0 atom stereocenters. The van der Waals surface area contributed by atoms with E-state index < -0.39 is 16.0 Å². The molecule has 1 rings (SSSR count). The van der Waals surface area contributed by atoms with Crippen LogP contribution in [0.3, 0.4) is 0 Å². The molecule has 1 aromatic carbocycles. The molecular weight excluding hydrogens is 256 g/mol. The number of carboxylic acid groups (broad SMARTS) is 1. The van der Waals surface area contributed by atoms with Crippen molar-refractivity contribution in [1.82, 2.24) is 4.72 Å². The summed E-state index contributed by atoms with van der Waals surface area (Å²) in [6.07, 6.45) is 1.76. The Bertz CT molecular complexity index is 496. The van der Waals surface area contributed by atoms with Crippen LogP contribution in [0.25, 0.3) is 0 Å². The summed E-state index contributed by atoms with van der Waals surface area (Å²) < 4.78 is 23.9. The van der Waals surface area contributed by atoms with E-state index in [1.54, 1.807) is 12.1 Å². The van der Waals surface area contributed by atoms with E-state index in [9.17, 15) is 13.2 Å². The van der Waals surface area contributed by atoms with Gasteiger partial charge >= 0.3 is 5.97 Å². The van der Waals surface area contributed by atoms with Crippen LogP contribution in [0.15, 0.2) is 24.3 Å². The van der Waals surface area contributed by atoms with Crippen LogP contribution in [-0.2, 0) is 10.0 Å². The monoisotopic (exact) mass is 272 g/mol. The normalized spacial score (nSPS) is 11.2. The highest BCUT2D eigenvalue weighted by Crippen LogP contribution is 2.09. The summed E-state index contributed by atoms with van der Waals surface area (Å²) in [5.74, 6) is -0.959. The lowest BCUT2D eigenvalue weighted by atomic mass is 10.2. The van der Waals surface area contributed by atoms with Crippen LogP contribution in [0, 0.1) is 0 Å². The summed E-state index contributed by atoms with van der Waals surface area (Å²) in [7, 11) is -3.13. The molecule has 0 aliphatic rings. The zero-order valence-corrected chi connectivity index (χ0v) is 10.8. The number of nitrogens with one attached hydrogen (secondary N) is 2. The Balaban J connectivity index is 2.29. The second-order valence-electron chi connectivity index (χ2n) is 3.83. The fourth-order valence-electron chi connectivity index (χ4n) is 1.31. The van der Waals surface area contributed by atoms with Gasteiger partial charge in [-0.3, -0.25) is 0 Å². The lowest BCUT2D eigenvalue weighted by molar-refractivity contribution is 0.0697. The largest absolute Gasteiger partial charge is 0.478 e. The van der Waals surface area contributed by atoms with Gasteiger partial charge in [0, 0.05) is 18.8 Å². The summed E-state index contributed by atoms with van der Waals surface area (Å²) in [6.45, 7) is 0.980. The zero-order valence-electron chi connectivity index (χ0n) is 10.0. The molecule has 1 aromatic rings. The van der Waals surface area contributed by atoms with E-state index in [2.05, 4.69) is 10.0 Å². The van der Waals surface area contributed by atoms with Gasteiger partial charge in [-0.25, -0.2) is 17.9 Å². The number of benzene rings is 1. The maximum atomic E-state index is 10.8. The zero-order chi connectivity index (χ0) is 13.6. The van der Waals surface area contributed by atoms with E-state index in [4.69, 9.17) is 5.11 Å². The molecule has 0 bridgehead atoms. The number of sulfonamides is 1. The minimum atomic E-state index is -3.13. The molecule has 0 radical (unpaired) electrons. The van der Waals surface area contributed by atoms with Gasteiger partial charge in [0.25, 0.3) is 0 Å². The van der Waals surface area contributed by atoms with Gasteiger partial charge in [0.2, 0.25) is 10.0 Å². The van der Waals surface area contributed by atoms with Crippen molar-refractivity contribution in [1.29, 1.82) is 0 Å². The lowest BCUT2D eigenvalue weighted by Gasteiger charge is -2.06. The van der Waals surface area contributed by atoms with E-state index in [1.807, 2.05) is 0 Å². The van der Waals surface area contributed by atoms with Crippen LogP contribution in [0.2, 0.25) is 0 Å². The SMILES string of the molecule is CS(=O)(=O)NCCCNc1ccc(C(=O)O)cc1. The Morgan fingerprint density at radius 2 is 1.83 bits per heavy atom. The van der Waals surface area contributed by atoms with Crippen molar-refractivity contribution in [2.24, 2.45) is 0 Å². The topological polar surface area (TPSA) is 95.5 Å². The van der Waals surface area contributed by atoms with Crippen LogP contribution in [0.4, 0.5) is 5.69 Å². The van der Waals surface area contributed by atoms with E-state index in [-0.39, 0.29) is 5.56 Å². The molecule has 0 unspecified atom stereocenters. The van der Waals surface area contributed by atoms with E-state index in [0.717, 1.165) is 11.9 Å². The molecule has 0 fully saturated rings. The van der Waals surface area contributed by atoms with Crippen molar-refractivity contribution in [2.45, 2.75) is 6.42 Å². The highest BCUT2D eigenvalue weighted by Gasteiger charge is 2.01. The van der Waals surface area contributed by atoms with E-state index in [1.165, 1.54) is 12.1 Å². The molecule has 0 aliphatic heterocycles. The summed E-state index contributed by atoms with van der Waals surface area (Å²) in [6, 6.07) is 6.37. The van der Waals surface area contributed by atoms with Gasteiger partial charge in [0.15, 0.2) is 0 Å². The minimum absolute atomic E-state index is 0.235. The van der Waals surface area contributed by atoms with Gasteiger partial charge in [-0.15, -0.1) is 0 Å². The van der Waals surface area contributed by atoms with Crippen molar-refractivity contribution in [3.8, 4) is 0 Å². The molecule has 18 heavy (non-hydrogen) atoms. The van der Waals surface area contributed by atoms with Gasteiger partial charge in [0.05, 0.1) is 11.8 Å². The fourth-order valence-corrected chi connectivity index (χ4v) is 1.82. The average molecular weight is 272 g/mol. The molecule has 0 heterocycles. The maximum Gasteiger partial charge on any atom is 0.335 e. The molecule has 6 nitrogen and oxygen atoms in total. The third-order valence-electron chi connectivity index (χ3n) is 2.18. The molecule has 0 saturated carbocycles. The van der Waals surface area contributed by atoms with Crippen LogP contribution in [0.1, 0.15) is 16.8 Å². The molecule has 0 aromatic heterocycles. The number of hydrogen-bond acceptors (Lipinski definition) is 4. The number of anilines is 1. The summed E-state index contributed by atoms with van der Waals surface area (Å²) in [5, 5.41) is 11.8. The summed E-state index contributed by atoms with van der Waals surface area (Å²) in [5.41, 5.74) is 1.04. The summed E-state index contributed by atoms with van der Waals surface area (Å²) in [4.78, 5) is 10.6. The van der Waals surface area contributed by atoms with Crippen LogP contribution in [0.5, 0.6) is 0 Å². The maximum absolute atomic E-state index is 10.8. The fraction of sp³-hybridized carbons (Fsp3) is 0.364. The van der Waals surface area contributed by atoms with Crippen molar-refractivity contribution in [2.75, 3.05) is 24.7 Å². The Morgan fingerprint density at radius 1 is 1.22 bits per heavy atom. The highest BCUT2D eigenvalue weighted by atomic mass is 32.2. The van der Waals surface area contributed by atoms with Gasteiger partial charge in [0.1, 0.15) is 0 Å². The lowest BCUT2D eigenvalue weighted by Crippen LogP contribution is -2.24. The first-order valence-corrected chi connectivity index (χ1v) is 7.29. The first kappa shape index (κ1) is 14.5. The third kappa shape index (κ3) is 5.65. The van der Waals surface area contributed by atoms with Crippen LogP contribution in [-0.4, -0.2) is 38.8 Å². The Kier molecular flexibility index (Phi) is 5.11. The molecule has 7 heteroatoms. The van der Waals surface area contributed by atoms with Crippen molar-refractivity contribution in [3.63, 3.8) is 0 Å². The average Bonchev–Trinajstić information content (AvgIpc) is 2.27. The van der Waals surface area contributed by atoms with E-state index in [0.29, 0.717) is 19.5 Å². The molecule has 0 aliphatic carbocycles.